The van der Waals surface area contributed by atoms with Crippen molar-refractivity contribution in [2.24, 2.45) is 5.92 Å². The summed E-state index contributed by atoms with van der Waals surface area (Å²) in [5, 5.41) is 3.07. The van der Waals surface area contributed by atoms with Gasteiger partial charge in [-0.2, -0.15) is 0 Å². The summed E-state index contributed by atoms with van der Waals surface area (Å²) in [5.41, 5.74) is 1.93. The van der Waals surface area contributed by atoms with Crippen molar-refractivity contribution >= 4 is 35.3 Å². The van der Waals surface area contributed by atoms with Crippen molar-refractivity contribution < 1.29 is 28.6 Å². The van der Waals surface area contributed by atoms with Crippen LogP contribution < -0.4 is 5.32 Å². The molecule has 0 spiro atoms. The number of hydrogen-bond acceptors (Lipinski definition) is 6. The van der Waals surface area contributed by atoms with Gasteiger partial charge in [-0.3, -0.25) is 14.9 Å². The van der Waals surface area contributed by atoms with E-state index in [1.807, 2.05) is 0 Å². The first kappa shape index (κ1) is 21.2. The number of nitrogens with one attached hydrogen (secondary N) is 1. The van der Waals surface area contributed by atoms with Gasteiger partial charge in [0.1, 0.15) is 6.61 Å². The highest BCUT2D eigenvalue weighted by molar-refractivity contribution is 6.30. The molecule has 0 unspecified atom stereocenters. The molecular formula is C20H20ClNO6. The molecule has 2 aromatic carbocycles. The van der Waals surface area contributed by atoms with Crippen LogP contribution in [0.3, 0.4) is 0 Å². The summed E-state index contributed by atoms with van der Waals surface area (Å²) >= 11 is 5.87. The van der Waals surface area contributed by atoms with E-state index in [1.54, 1.807) is 48.5 Å². The first-order chi connectivity index (χ1) is 13.4. The lowest BCUT2D eigenvalue weighted by molar-refractivity contribution is -0.158. The van der Waals surface area contributed by atoms with Crippen molar-refractivity contribution in [1.82, 2.24) is 0 Å². The molecule has 1 N–H and O–H groups in total. The summed E-state index contributed by atoms with van der Waals surface area (Å²) in [6.07, 6.45) is -0.517. The number of esters is 2. The Morgan fingerprint density at radius 1 is 0.964 bits per heavy atom. The van der Waals surface area contributed by atoms with Crippen LogP contribution in [0.25, 0.3) is 0 Å². The van der Waals surface area contributed by atoms with Crippen LogP contribution in [0.4, 0.5) is 10.5 Å². The van der Waals surface area contributed by atoms with Crippen LogP contribution in [-0.4, -0.2) is 32.3 Å². The molecule has 0 saturated heterocycles. The number of ether oxygens (including phenoxy) is 3. The van der Waals surface area contributed by atoms with Crippen LogP contribution in [0, 0.1) is 5.92 Å². The maximum Gasteiger partial charge on any atom is 0.411 e. The molecule has 0 aromatic heterocycles. The molecule has 1 amide bonds. The third-order valence-electron chi connectivity index (χ3n) is 3.84. The molecule has 2 aromatic rings. The Labute approximate surface area is 167 Å². The van der Waals surface area contributed by atoms with E-state index in [4.69, 9.17) is 16.3 Å². The molecule has 0 radical (unpaired) electrons. The van der Waals surface area contributed by atoms with Gasteiger partial charge in [-0.25, -0.2) is 4.79 Å². The van der Waals surface area contributed by atoms with Gasteiger partial charge in [0.25, 0.3) is 0 Å². The quantitative estimate of drug-likeness (QED) is 0.430. The first-order valence-corrected chi connectivity index (χ1v) is 8.73. The molecule has 0 heterocycles. The summed E-state index contributed by atoms with van der Waals surface area (Å²) in [6.45, 7) is 0.0152. The Kier molecular flexibility index (Phi) is 7.83. The second-order valence-corrected chi connectivity index (χ2v) is 6.27. The molecule has 0 aliphatic carbocycles. The number of hydrogen-bond donors (Lipinski definition) is 1. The van der Waals surface area contributed by atoms with Crippen LogP contribution in [0.2, 0.25) is 5.02 Å². The fourth-order valence-corrected chi connectivity index (χ4v) is 2.69. The van der Waals surface area contributed by atoms with Gasteiger partial charge in [0.05, 0.1) is 14.2 Å². The van der Waals surface area contributed by atoms with Gasteiger partial charge in [0.2, 0.25) is 0 Å². The summed E-state index contributed by atoms with van der Waals surface area (Å²) in [6, 6.07) is 13.7. The molecule has 28 heavy (non-hydrogen) atoms. The zero-order valence-electron chi connectivity index (χ0n) is 15.4. The molecule has 148 valence electrons. The average Bonchev–Trinajstić information content (AvgIpc) is 2.69. The van der Waals surface area contributed by atoms with Crippen LogP contribution in [0.5, 0.6) is 0 Å². The summed E-state index contributed by atoms with van der Waals surface area (Å²) in [7, 11) is 2.42. The second kappa shape index (κ2) is 10.3. The van der Waals surface area contributed by atoms with E-state index >= 15 is 0 Å². The molecule has 8 heteroatoms. The number of carbonyl (C=O) groups is 3. The van der Waals surface area contributed by atoms with Crippen LogP contribution in [0.1, 0.15) is 11.1 Å². The molecular weight excluding hydrogens is 386 g/mol. The summed E-state index contributed by atoms with van der Waals surface area (Å²) < 4.78 is 14.5. The maximum atomic E-state index is 11.9. The van der Waals surface area contributed by atoms with Crippen LogP contribution in [0.15, 0.2) is 48.5 Å². The lowest BCUT2D eigenvalue weighted by Crippen LogP contribution is -2.28. The molecule has 2 rings (SSSR count). The van der Waals surface area contributed by atoms with Gasteiger partial charge >= 0.3 is 18.0 Å². The minimum absolute atomic E-state index is 0.0152. The highest BCUT2D eigenvalue weighted by atomic mass is 35.5. The van der Waals surface area contributed by atoms with Gasteiger partial charge in [-0.1, -0.05) is 41.9 Å². The highest BCUT2D eigenvalue weighted by Crippen LogP contribution is 2.17. The Morgan fingerprint density at radius 3 is 2.25 bits per heavy atom. The fraction of sp³-hybridized carbons (Fsp3) is 0.250. The van der Waals surface area contributed by atoms with E-state index in [1.165, 1.54) is 14.2 Å². The lowest BCUT2D eigenvalue weighted by atomic mass is 9.98. The molecule has 0 saturated carbocycles. The van der Waals surface area contributed by atoms with Gasteiger partial charge < -0.3 is 14.2 Å². The minimum atomic E-state index is -1.06. The van der Waals surface area contributed by atoms with Gasteiger partial charge in [-0.15, -0.1) is 0 Å². The monoisotopic (exact) mass is 405 g/mol. The Morgan fingerprint density at radius 2 is 1.61 bits per heavy atom. The predicted molar refractivity (Wildman–Crippen MR) is 103 cm³/mol. The first-order valence-electron chi connectivity index (χ1n) is 8.35. The Balaban J connectivity index is 1.97. The number of rotatable bonds is 7. The predicted octanol–water partition coefficient (Wildman–Crippen LogP) is 3.59. The summed E-state index contributed by atoms with van der Waals surface area (Å²) in [4.78, 5) is 35.5. The highest BCUT2D eigenvalue weighted by Gasteiger charge is 2.28. The van der Waals surface area contributed by atoms with Crippen molar-refractivity contribution in [1.29, 1.82) is 0 Å². The smallest absolute Gasteiger partial charge is 0.411 e. The molecule has 0 bridgehead atoms. The van der Waals surface area contributed by atoms with Crippen molar-refractivity contribution in [2.45, 2.75) is 13.0 Å². The third-order valence-corrected chi connectivity index (χ3v) is 4.08. The summed E-state index contributed by atoms with van der Waals surface area (Å²) in [5.74, 6) is -2.40. The van der Waals surface area contributed by atoms with E-state index in [2.05, 4.69) is 14.8 Å². The van der Waals surface area contributed by atoms with E-state index in [9.17, 15) is 14.4 Å². The normalized spacial score (nSPS) is 10.3. The number of benzene rings is 2. The number of halogens is 1. The largest absolute Gasteiger partial charge is 0.468 e. The SMILES string of the molecule is COC(=O)C(Cc1cccc(COC(=O)Nc2cccc(Cl)c2)c1)C(=O)OC. The van der Waals surface area contributed by atoms with Crippen molar-refractivity contribution in [3.63, 3.8) is 0 Å². The molecule has 0 aliphatic rings. The Bertz CT molecular complexity index is 838. The zero-order chi connectivity index (χ0) is 20.5. The fourth-order valence-electron chi connectivity index (χ4n) is 2.50. The molecule has 0 aliphatic heterocycles. The van der Waals surface area contributed by atoms with E-state index < -0.39 is 23.9 Å². The van der Waals surface area contributed by atoms with Gasteiger partial charge in [0, 0.05) is 10.7 Å². The zero-order valence-corrected chi connectivity index (χ0v) is 16.2. The van der Waals surface area contributed by atoms with Gasteiger partial charge in [0.15, 0.2) is 5.92 Å². The second-order valence-electron chi connectivity index (χ2n) is 5.83. The molecule has 0 atom stereocenters. The van der Waals surface area contributed by atoms with Crippen LogP contribution in [-0.2, 0) is 36.8 Å². The number of carbonyl (C=O) groups excluding carboxylic acids is 3. The topological polar surface area (TPSA) is 90.9 Å². The third kappa shape index (κ3) is 6.28. The Hall–Kier alpha value is -3.06. The molecule has 0 fully saturated rings. The number of amides is 1. The van der Waals surface area contributed by atoms with E-state index in [-0.39, 0.29) is 13.0 Å². The minimum Gasteiger partial charge on any atom is -0.468 e. The van der Waals surface area contributed by atoms with Crippen molar-refractivity contribution in [3.8, 4) is 0 Å². The van der Waals surface area contributed by atoms with Crippen LogP contribution >= 0.6 is 11.6 Å². The van der Waals surface area contributed by atoms with E-state index in [0.717, 1.165) is 0 Å². The molecule has 7 nitrogen and oxygen atoms in total. The maximum absolute atomic E-state index is 11.9. The standard InChI is InChI=1S/C20H20ClNO6/c1-26-18(23)17(19(24)27-2)10-13-5-3-6-14(9-13)12-28-20(25)22-16-8-4-7-15(21)11-16/h3-9,11,17H,10,12H2,1-2H3,(H,22,25). The van der Waals surface area contributed by atoms with Crippen molar-refractivity contribution in [3.05, 3.63) is 64.7 Å². The van der Waals surface area contributed by atoms with Gasteiger partial charge in [-0.05, 0) is 35.7 Å². The number of methoxy groups -OCH3 is 2. The average molecular weight is 406 g/mol. The number of anilines is 1. The van der Waals surface area contributed by atoms with E-state index in [0.29, 0.717) is 21.8 Å². The lowest BCUT2D eigenvalue weighted by Gasteiger charge is -2.13. The van der Waals surface area contributed by atoms with Crippen molar-refractivity contribution in [2.75, 3.05) is 19.5 Å².